The standard InChI is InChI=1S/C18H20N2O4/c1-14-6-7-16(17(11-14)22-2)24-13-18(21)20(9-4-8-19)12-15-5-3-10-23-15/h3,5-7,10-11H,4,9,12-13H2,1-2H3. The number of hydrogen-bond acceptors (Lipinski definition) is 5. The van der Waals surface area contributed by atoms with Crippen LogP contribution in [-0.2, 0) is 11.3 Å². The SMILES string of the molecule is COc1cc(C)ccc1OCC(=O)N(CCC#N)Cc1ccco1. The number of methoxy groups -OCH3 is 1. The van der Waals surface area contributed by atoms with Crippen LogP contribution in [0.5, 0.6) is 11.5 Å². The number of furan rings is 1. The third kappa shape index (κ3) is 4.78. The zero-order chi connectivity index (χ0) is 17.4. The zero-order valence-electron chi connectivity index (χ0n) is 13.8. The molecule has 0 saturated heterocycles. The van der Waals surface area contributed by atoms with Crippen molar-refractivity contribution in [3.05, 3.63) is 47.9 Å². The van der Waals surface area contributed by atoms with Gasteiger partial charge in [0.05, 0.1) is 32.4 Å². The second-order valence-corrected chi connectivity index (χ2v) is 5.25. The third-order valence-corrected chi connectivity index (χ3v) is 3.44. The minimum atomic E-state index is -0.218. The molecule has 0 saturated carbocycles. The summed E-state index contributed by atoms with van der Waals surface area (Å²) in [5.41, 5.74) is 1.04. The van der Waals surface area contributed by atoms with E-state index in [1.807, 2.05) is 25.1 Å². The number of carbonyl (C=O) groups excluding carboxylic acids is 1. The van der Waals surface area contributed by atoms with Gasteiger partial charge in [-0.3, -0.25) is 4.79 Å². The van der Waals surface area contributed by atoms with Crippen LogP contribution in [0.2, 0.25) is 0 Å². The summed E-state index contributed by atoms with van der Waals surface area (Å²) in [7, 11) is 1.56. The molecule has 6 nitrogen and oxygen atoms in total. The van der Waals surface area contributed by atoms with Gasteiger partial charge in [-0.05, 0) is 36.8 Å². The molecule has 0 atom stereocenters. The average molecular weight is 328 g/mol. The summed E-state index contributed by atoms with van der Waals surface area (Å²) in [5.74, 6) is 1.53. The largest absolute Gasteiger partial charge is 0.493 e. The number of benzene rings is 1. The molecule has 1 aromatic heterocycles. The summed E-state index contributed by atoms with van der Waals surface area (Å²) in [6, 6.07) is 11.1. The minimum absolute atomic E-state index is 0.133. The number of carbonyl (C=O) groups is 1. The van der Waals surface area contributed by atoms with E-state index >= 15 is 0 Å². The highest BCUT2D eigenvalue weighted by molar-refractivity contribution is 5.77. The van der Waals surface area contributed by atoms with Crippen LogP contribution < -0.4 is 9.47 Å². The second-order valence-electron chi connectivity index (χ2n) is 5.25. The van der Waals surface area contributed by atoms with Crippen LogP contribution in [0.4, 0.5) is 0 Å². The Morgan fingerprint density at radius 3 is 2.83 bits per heavy atom. The van der Waals surface area contributed by atoms with E-state index in [-0.39, 0.29) is 18.9 Å². The van der Waals surface area contributed by atoms with Crippen LogP contribution in [0.3, 0.4) is 0 Å². The molecule has 1 amide bonds. The molecule has 0 spiro atoms. The number of ether oxygens (including phenoxy) is 2. The molecular formula is C18H20N2O4. The highest BCUT2D eigenvalue weighted by atomic mass is 16.5. The summed E-state index contributed by atoms with van der Waals surface area (Å²) in [4.78, 5) is 14.0. The van der Waals surface area contributed by atoms with Gasteiger partial charge in [-0.2, -0.15) is 5.26 Å². The highest BCUT2D eigenvalue weighted by Crippen LogP contribution is 2.27. The zero-order valence-corrected chi connectivity index (χ0v) is 13.8. The summed E-state index contributed by atoms with van der Waals surface area (Å²) in [5, 5.41) is 8.77. The molecule has 1 aromatic carbocycles. The van der Waals surface area contributed by atoms with Crippen molar-refractivity contribution < 1.29 is 18.7 Å². The molecular weight excluding hydrogens is 308 g/mol. The number of aryl methyl sites for hydroxylation is 1. The van der Waals surface area contributed by atoms with E-state index in [2.05, 4.69) is 0 Å². The highest BCUT2D eigenvalue weighted by Gasteiger charge is 2.17. The monoisotopic (exact) mass is 328 g/mol. The molecule has 0 unspecified atom stereocenters. The number of nitrogens with zero attached hydrogens (tertiary/aromatic N) is 2. The van der Waals surface area contributed by atoms with Gasteiger partial charge in [0, 0.05) is 6.54 Å². The Hall–Kier alpha value is -2.94. The quantitative estimate of drug-likeness (QED) is 0.745. The smallest absolute Gasteiger partial charge is 0.260 e. The van der Waals surface area contributed by atoms with E-state index in [1.54, 1.807) is 36.5 Å². The Balaban J connectivity index is 2.00. The molecule has 24 heavy (non-hydrogen) atoms. The van der Waals surface area contributed by atoms with Crippen molar-refractivity contribution in [2.24, 2.45) is 0 Å². The van der Waals surface area contributed by atoms with Crippen molar-refractivity contribution in [2.45, 2.75) is 19.9 Å². The Morgan fingerprint density at radius 1 is 1.33 bits per heavy atom. The van der Waals surface area contributed by atoms with E-state index in [1.165, 1.54) is 0 Å². The van der Waals surface area contributed by atoms with E-state index in [9.17, 15) is 4.79 Å². The number of nitriles is 1. The Morgan fingerprint density at radius 2 is 2.17 bits per heavy atom. The van der Waals surface area contributed by atoms with Crippen molar-refractivity contribution in [1.82, 2.24) is 4.90 Å². The minimum Gasteiger partial charge on any atom is -0.493 e. The lowest BCUT2D eigenvalue weighted by Crippen LogP contribution is -2.35. The van der Waals surface area contributed by atoms with Crippen LogP contribution in [0.25, 0.3) is 0 Å². The first-order valence-electron chi connectivity index (χ1n) is 7.58. The van der Waals surface area contributed by atoms with Gasteiger partial charge in [0.25, 0.3) is 5.91 Å². The number of amides is 1. The summed E-state index contributed by atoms with van der Waals surface area (Å²) < 4.78 is 16.1. The normalized spacial score (nSPS) is 10.0. The molecule has 126 valence electrons. The van der Waals surface area contributed by atoms with Gasteiger partial charge in [-0.25, -0.2) is 0 Å². The van der Waals surface area contributed by atoms with Gasteiger partial charge < -0.3 is 18.8 Å². The fraction of sp³-hybridized carbons (Fsp3) is 0.333. The average Bonchev–Trinajstić information content (AvgIpc) is 3.10. The van der Waals surface area contributed by atoms with Gasteiger partial charge >= 0.3 is 0 Å². The van der Waals surface area contributed by atoms with Crippen molar-refractivity contribution in [2.75, 3.05) is 20.3 Å². The van der Waals surface area contributed by atoms with Crippen LogP contribution in [0, 0.1) is 18.3 Å². The molecule has 6 heteroatoms. The Kier molecular flexibility index (Phi) is 6.26. The second kappa shape index (κ2) is 8.63. The predicted octanol–water partition coefficient (Wildman–Crippen LogP) is 2.92. The molecule has 2 rings (SSSR count). The van der Waals surface area contributed by atoms with E-state index in [0.29, 0.717) is 30.3 Å². The molecule has 2 aromatic rings. The van der Waals surface area contributed by atoms with E-state index < -0.39 is 0 Å². The number of rotatable bonds is 8. The van der Waals surface area contributed by atoms with Crippen molar-refractivity contribution in [3.63, 3.8) is 0 Å². The fourth-order valence-corrected chi connectivity index (χ4v) is 2.19. The number of hydrogen-bond donors (Lipinski definition) is 0. The molecule has 0 radical (unpaired) electrons. The lowest BCUT2D eigenvalue weighted by Gasteiger charge is -2.21. The van der Waals surface area contributed by atoms with Crippen molar-refractivity contribution in [1.29, 1.82) is 5.26 Å². The lowest BCUT2D eigenvalue weighted by atomic mass is 10.2. The maximum absolute atomic E-state index is 12.4. The Labute approximate surface area is 141 Å². The molecule has 0 aliphatic rings. The van der Waals surface area contributed by atoms with E-state index in [0.717, 1.165) is 5.56 Å². The summed E-state index contributed by atoms with van der Waals surface area (Å²) in [6.45, 7) is 2.45. The van der Waals surface area contributed by atoms with Crippen LogP contribution in [-0.4, -0.2) is 31.1 Å². The van der Waals surface area contributed by atoms with Gasteiger partial charge in [0.15, 0.2) is 18.1 Å². The molecule has 0 bridgehead atoms. The molecule has 0 aliphatic heterocycles. The maximum Gasteiger partial charge on any atom is 0.260 e. The van der Waals surface area contributed by atoms with Crippen LogP contribution in [0.1, 0.15) is 17.7 Å². The van der Waals surface area contributed by atoms with Crippen LogP contribution in [0.15, 0.2) is 41.0 Å². The first kappa shape index (κ1) is 17.4. The summed E-state index contributed by atoms with van der Waals surface area (Å²) in [6.07, 6.45) is 1.80. The van der Waals surface area contributed by atoms with Crippen molar-refractivity contribution >= 4 is 5.91 Å². The lowest BCUT2D eigenvalue weighted by molar-refractivity contribution is -0.134. The first-order chi connectivity index (χ1) is 11.6. The third-order valence-electron chi connectivity index (χ3n) is 3.44. The molecule has 1 heterocycles. The van der Waals surface area contributed by atoms with E-state index in [4.69, 9.17) is 19.2 Å². The van der Waals surface area contributed by atoms with Crippen molar-refractivity contribution in [3.8, 4) is 17.6 Å². The van der Waals surface area contributed by atoms with Gasteiger partial charge in [-0.15, -0.1) is 0 Å². The van der Waals surface area contributed by atoms with Crippen LogP contribution >= 0.6 is 0 Å². The first-order valence-corrected chi connectivity index (χ1v) is 7.58. The molecule has 0 N–H and O–H groups in total. The Bertz CT molecular complexity index is 704. The van der Waals surface area contributed by atoms with Gasteiger partial charge in [0.2, 0.25) is 0 Å². The maximum atomic E-state index is 12.4. The fourth-order valence-electron chi connectivity index (χ4n) is 2.19. The molecule has 0 aliphatic carbocycles. The molecule has 0 fully saturated rings. The topological polar surface area (TPSA) is 75.7 Å². The van der Waals surface area contributed by atoms with Gasteiger partial charge in [0.1, 0.15) is 5.76 Å². The predicted molar refractivity (Wildman–Crippen MR) is 87.6 cm³/mol. The summed E-state index contributed by atoms with van der Waals surface area (Å²) >= 11 is 0. The van der Waals surface area contributed by atoms with Gasteiger partial charge in [-0.1, -0.05) is 6.07 Å².